The third kappa shape index (κ3) is 2.01. The van der Waals surface area contributed by atoms with Gasteiger partial charge in [-0.05, 0) is 11.5 Å². The van der Waals surface area contributed by atoms with Crippen LogP contribution in [-0.4, -0.2) is 15.0 Å². The van der Waals surface area contributed by atoms with Crippen LogP contribution in [0.2, 0.25) is 0 Å². The SMILES string of the molecule is CC(C)c1ccccc1-c1ncncn1. The normalized spacial score (nSPS) is 10.6. The molecule has 0 saturated heterocycles. The van der Waals surface area contributed by atoms with E-state index in [0.29, 0.717) is 5.92 Å². The molecule has 2 aromatic rings. The lowest BCUT2D eigenvalue weighted by Gasteiger charge is -2.10. The van der Waals surface area contributed by atoms with Crippen LogP contribution in [0.1, 0.15) is 25.3 Å². The van der Waals surface area contributed by atoms with Crippen molar-refractivity contribution in [2.75, 3.05) is 0 Å². The molecule has 1 aromatic carbocycles. The molecule has 0 aliphatic heterocycles. The first-order chi connectivity index (χ1) is 7.29. The van der Waals surface area contributed by atoms with Crippen molar-refractivity contribution in [3.63, 3.8) is 0 Å². The molecular formula is C12H13N3. The third-order valence-corrected chi connectivity index (χ3v) is 2.32. The quantitative estimate of drug-likeness (QED) is 0.746. The zero-order valence-corrected chi connectivity index (χ0v) is 8.88. The van der Waals surface area contributed by atoms with E-state index in [2.05, 4.69) is 34.9 Å². The Hall–Kier alpha value is -1.77. The molecule has 0 bridgehead atoms. The summed E-state index contributed by atoms with van der Waals surface area (Å²) in [5.74, 6) is 1.22. The first-order valence-corrected chi connectivity index (χ1v) is 5.00. The Labute approximate surface area is 89.2 Å². The predicted molar refractivity (Wildman–Crippen MR) is 59.4 cm³/mol. The third-order valence-electron chi connectivity index (χ3n) is 2.32. The molecule has 0 saturated carbocycles. The topological polar surface area (TPSA) is 38.7 Å². The number of hydrogen-bond donors (Lipinski definition) is 0. The smallest absolute Gasteiger partial charge is 0.162 e. The molecule has 0 amide bonds. The molecule has 2 rings (SSSR count). The van der Waals surface area contributed by atoms with Gasteiger partial charge in [0.15, 0.2) is 5.82 Å². The lowest BCUT2D eigenvalue weighted by Crippen LogP contribution is -1.96. The van der Waals surface area contributed by atoms with Gasteiger partial charge in [0.1, 0.15) is 12.7 Å². The second-order valence-corrected chi connectivity index (χ2v) is 3.70. The molecule has 0 atom stereocenters. The fourth-order valence-corrected chi connectivity index (χ4v) is 1.58. The second-order valence-electron chi connectivity index (χ2n) is 3.70. The molecule has 0 radical (unpaired) electrons. The van der Waals surface area contributed by atoms with E-state index in [9.17, 15) is 0 Å². The van der Waals surface area contributed by atoms with E-state index in [-0.39, 0.29) is 0 Å². The van der Waals surface area contributed by atoms with E-state index in [4.69, 9.17) is 0 Å². The summed E-state index contributed by atoms with van der Waals surface area (Å²) in [6.45, 7) is 4.33. The van der Waals surface area contributed by atoms with Crippen molar-refractivity contribution in [2.24, 2.45) is 0 Å². The number of rotatable bonds is 2. The summed E-state index contributed by atoms with van der Waals surface area (Å²) >= 11 is 0. The molecular weight excluding hydrogens is 186 g/mol. The van der Waals surface area contributed by atoms with E-state index in [0.717, 1.165) is 11.4 Å². The lowest BCUT2D eigenvalue weighted by atomic mass is 9.97. The summed E-state index contributed by atoms with van der Waals surface area (Å²) in [6, 6.07) is 8.21. The van der Waals surface area contributed by atoms with Crippen LogP contribution in [0.15, 0.2) is 36.9 Å². The first-order valence-electron chi connectivity index (χ1n) is 5.00. The van der Waals surface area contributed by atoms with Gasteiger partial charge in [0, 0.05) is 5.56 Å². The van der Waals surface area contributed by atoms with E-state index in [1.807, 2.05) is 18.2 Å². The molecule has 0 spiro atoms. The molecule has 3 heteroatoms. The van der Waals surface area contributed by atoms with Crippen molar-refractivity contribution >= 4 is 0 Å². The van der Waals surface area contributed by atoms with Crippen molar-refractivity contribution in [3.8, 4) is 11.4 Å². The zero-order valence-electron chi connectivity index (χ0n) is 8.88. The van der Waals surface area contributed by atoms with E-state index < -0.39 is 0 Å². The highest BCUT2D eigenvalue weighted by atomic mass is 15.0. The Morgan fingerprint density at radius 3 is 2.33 bits per heavy atom. The molecule has 0 unspecified atom stereocenters. The maximum Gasteiger partial charge on any atom is 0.162 e. The number of aromatic nitrogens is 3. The van der Waals surface area contributed by atoms with Gasteiger partial charge in [-0.2, -0.15) is 0 Å². The molecule has 0 aliphatic rings. The summed E-state index contributed by atoms with van der Waals surface area (Å²) < 4.78 is 0. The molecule has 0 aliphatic carbocycles. The van der Waals surface area contributed by atoms with Gasteiger partial charge in [0.2, 0.25) is 0 Å². The highest BCUT2D eigenvalue weighted by Crippen LogP contribution is 2.25. The maximum absolute atomic E-state index is 4.17. The molecule has 76 valence electrons. The first kappa shape index (κ1) is 9.77. The monoisotopic (exact) mass is 199 g/mol. The van der Waals surface area contributed by atoms with Gasteiger partial charge in [0.25, 0.3) is 0 Å². The minimum Gasteiger partial charge on any atom is -0.225 e. The van der Waals surface area contributed by atoms with E-state index in [1.165, 1.54) is 18.2 Å². The van der Waals surface area contributed by atoms with Gasteiger partial charge in [-0.15, -0.1) is 0 Å². The van der Waals surface area contributed by atoms with Crippen LogP contribution in [0.4, 0.5) is 0 Å². The van der Waals surface area contributed by atoms with Crippen LogP contribution >= 0.6 is 0 Å². The Bertz CT molecular complexity index is 438. The van der Waals surface area contributed by atoms with Crippen molar-refractivity contribution in [3.05, 3.63) is 42.5 Å². The highest BCUT2D eigenvalue weighted by Gasteiger charge is 2.08. The number of benzene rings is 1. The van der Waals surface area contributed by atoms with Gasteiger partial charge >= 0.3 is 0 Å². The average molecular weight is 199 g/mol. The van der Waals surface area contributed by atoms with E-state index >= 15 is 0 Å². The predicted octanol–water partition coefficient (Wildman–Crippen LogP) is 2.66. The van der Waals surface area contributed by atoms with Crippen molar-refractivity contribution < 1.29 is 0 Å². The minimum atomic E-state index is 0.470. The Morgan fingerprint density at radius 1 is 1.00 bits per heavy atom. The summed E-state index contributed by atoms with van der Waals surface area (Å²) in [7, 11) is 0. The Morgan fingerprint density at radius 2 is 1.67 bits per heavy atom. The second kappa shape index (κ2) is 4.17. The molecule has 15 heavy (non-hydrogen) atoms. The highest BCUT2D eigenvalue weighted by molar-refractivity contribution is 5.60. The van der Waals surface area contributed by atoms with Crippen molar-refractivity contribution in [2.45, 2.75) is 19.8 Å². The minimum absolute atomic E-state index is 0.470. The van der Waals surface area contributed by atoms with Gasteiger partial charge in [-0.25, -0.2) is 15.0 Å². The van der Waals surface area contributed by atoms with Gasteiger partial charge in [-0.1, -0.05) is 38.1 Å². The summed E-state index contributed by atoms with van der Waals surface area (Å²) in [6.07, 6.45) is 3.05. The number of hydrogen-bond acceptors (Lipinski definition) is 3. The zero-order chi connectivity index (χ0) is 10.7. The molecule has 3 nitrogen and oxygen atoms in total. The van der Waals surface area contributed by atoms with Crippen LogP contribution in [0.5, 0.6) is 0 Å². The molecule has 1 heterocycles. The van der Waals surface area contributed by atoms with Gasteiger partial charge in [0.05, 0.1) is 0 Å². The Kier molecular flexibility index (Phi) is 2.72. The lowest BCUT2D eigenvalue weighted by molar-refractivity contribution is 0.865. The molecule has 0 N–H and O–H groups in total. The fraction of sp³-hybridized carbons (Fsp3) is 0.250. The van der Waals surface area contributed by atoms with Crippen LogP contribution < -0.4 is 0 Å². The molecule has 1 aromatic heterocycles. The van der Waals surface area contributed by atoms with Crippen LogP contribution in [-0.2, 0) is 0 Å². The largest absolute Gasteiger partial charge is 0.225 e. The summed E-state index contributed by atoms with van der Waals surface area (Å²) in [5.41, 5.74) is 2.36. The standard InChI is InChI=1S/C12H13N3/c1-9(2)10-5-3-4-6-11(10)12-14-7-13-8-15-12/h3-9H,1-2H3. The van der Waals surface area contributed by atoms with Gasteiger partial charge < -0.3 is 0 Å². The van der Waals surface area contributed by atoms with Crippen LogP contribution in [0.3, 0.4) is 0 Å². The Balaban J connectivity index is 2.53. The van der Waals surface area contributed by atoms with Crippen LogP contribution in [0.25, 0.3) is 11.4 Å². The fourth-order valence-electron chi connectivity index (χ4n) is 1.58. The average Bonchev–Trinajstić information content (AvgIpc) is 2.30. The van der Waals surface area contributed by atoms with Gasteiger partial charge in [-0.3, -0.25) is 0 Å². The van der Waals surface area contributed by atoms with Crippen LogP contribution in [0, 0.1) is 0 Å². The number of nitrogens with zero attached hydrogens (tertiary/aromatic N) is 3. The van der Waals surface area contributed by atoms with Crippen molar-refractivity contribution in [1.29, 1.82) is 0 Å². The molecule has 0 fully saturated rings. The van der Waals surface area contributed by atoms with Crippen molar-refractivity contribution in [1.82, 2.24) is 15.0 Å². The summed E-state index contributed by atoms with van der Waals surface area (Å²) in [5, 5.41) is 0. The summed E-state index contributed by atoms with van der Waals surface area (Å²) in [4.78, 5) is 12.2. The maximum atomic E-state index is 4.17. The van der Waals surface area contributed by atoms with E-state index in [1.54, 1.807) is 0 Å².